The van der Waals surface area contributed by atoms with Gasteiger partial charge in [0.1, 0.15) is 16.4 Å². The number of nitrogens with zero attached hydrogens (tertiary/aromatic N) is 2. The highest BCUT2D eigenvalue weighted by Crippen LogP contribution is 2.20. The summed E-state index contributed by atoms with van der Waals surface area (Å²) >= 11 is 5.75. The van der Waals surface area contributed by atoms with Crippen molar-refractivity contribution >= 4 is 39.2 Å². The summed E-state index contributed by atoms with van der Waals surface area (Å²) in [5, 5.41) is 2.47. The number of hydrogen-bond acceptors (Lipinski definition) is 5. The van der Waals surface area contributed by atoms with Crippen molar-refractivity contribution in [2.75, 3.05) is 25.0 Å². The van der Waals surface area contributed by atoms with Gasteiger partial charge < -0.3 is 14.6 Å². The number of amides is 1. The molecule has 0 aliphatic carbocycles. The van der Waals surface area contributed by atoms with Crippen LogP contribution in [-0.2, 0) is 26.6 Å². The average molecular weight is 446 g/mol. The Kier molecular flexibility index (Phi) is 7.39. The fraction of sp³-hybridized carbons (Fsp3) is 0.333. The zero-order valence-corrected chi connectivity index (χ0v) is 17.7. The lowest BCUT2D eigenvalue weighted by molar-refractivity contribution is -0.119. The highest BCUT2D eigenvalue weighted by molar-refractivity contribution is 7.89. The summed E-state index contributed by atoms with van der Waals surface area (Å²) in [7, 11) is -2.26. The predicted octanol–water partition coefficient (Wildman–Crippen LogP) is 2.64. The van der Waals surface area contributed by atoms with E-state index in [1.54, 1.807) is 13.8 Å². The maximum Gasteiger partial charge on any atom is 0.355 e. The number of carbonyl (C=O) groups excluding carboxylic acids is 2. The molecule has 0 atom stereocenters. The number of benzene rings is 1. The number of anilines is 1. The molecule has 8 nitrogen and oxygen atoms in total. The summed E-state index contributed by atoms with van der Waals surface area (Å²) in [6.45, 7) is 3.30. The highest BCUT2D eigenvalue weighted by atomic mass is 35.5. The van der Waals surface area contributed by atoms with Crippen LogP contribution in [0.15, 0.2) is 35.4 Å². The standard InChI is InChI=1S/C18H21ClFN3O5S/c1-4-23(5-2)29(26,27)13-9-16(22(3)10-13)18(25)28-11-17(24)21-15-8-12(19)6-7-14(15)20/h6-10H,4-5,11H2,1-3H3,(H,21,24). The van der Waals surface area contributed by atoms with E-state index in [1.807, 2.05) is 0 Å². The summed E-state index contributed by atoms with van der Waals surface area (Å²) in [5.74, 6) is -2.36. The summed E-state index contributed by atoms with van der Waals surface area (Å²) in [5.41, 5.74) is -0.192. The Morgan fingerprint density at radius 3 is 2.52 bits per heavy atom. The minimum atomic E-state index is -3.75. The van der Waals surface area contributed by atoms with Gasteiger partial charge in [-0.3, -0.25) is 4.79 Å². The van der Waals surface area contributed by atoms with E-state index in [2.05, 4.69) is 5.32 Å². The number of aryl methyl sites for hydroxylation is 1. The molecule has 1 aromatic heterocycles. The van der Waals surface area contributed by atoms with Crippen LogP contribution in [0.5, 0.6) is 0 Å². The minimum Gasteiger partial charge on any atom is -0.451 e. The third-order valence-electron chi connectivity index (χ3n) is 4.07. The van der Waals surface area contributed by atoms with Crippen molar-refractivity contribution in [3.8, 4) is 0 Å². The van der Waals surface area contributed by atoms with E-state index in [0.717, 1.165) is 6.07 Å². The number of hydrogen-bond donors (Lipinski definition) is 1. The number of rotatable bonds is 8. The average Bonchev–Trinajstić information content (AvgIpc) is 3.06. The van der Waals surface area contributed by atoms with Gasteiger partial charge in [0.15, 0.2) is 6.61 Å². The summed E-state index contributed by atoms with van der Waals surface area (Å²) in [6, 6.07) is 4.82. The molecule has 0 unspecified atom stereocenters. The molecule has 2 aromatic rings. The fourth-order valence-corrected chi connectivity index (χ4v) is 4.28. The molecular formula is C18H21ClFN3O5S. The van der Waals surface area contributed by atoms with Crippen LogP contribution in [0.1, 0.15) is 24.3 Å². The third kappa shape index (κ3) is 5.34. The number of sulfonamides is 1. The van der Waals surface area contributed by atoms with Crippen molar-refractivity contribution in [1.29, 1.82) is 0 Å². The number of nitrogens with one attached hydrogen (secondary N) is 1. The molecular weight excluding hydrogens is 425 g/mol. The van der Waals surface area contributed by atoms with E-state index >= 15 is 0 Å². The van der Waals surface area contributed by atoms with Crippen molar-refractivity contribution in [3.05, 3.63) is 47.0 Å². The summed E-state index contributed by atoms with van der Waals surface area (Å²) in [6.07, 6.45) is 1.30. The van der Waals surface area contributed by atoms with Gasteiger partial charge in [-0.15, -0.1) is 0 Å². The molecule has 1 N–H and O–H groups in total. The number of ether oxygens (including phenoxy) is 1. The summed E-state index contributed by atoms with van der Waals surface area (Å²) < 4.78 is 46.2. The molecule has 0 saturated carbocycles. The van der Waals surface area contributed by atoms with Crippen LogP contribution in [0.25, 0.3) is 0 Å². The molecule has 0 aliphatic rings. The van der Waals surface area contributed by atoms with Crippen molar-refractivity contribution in [3.63, 3.8) is 0 Å². The first-order chi connectivity index (χ1) is 13.6. The van der Waals surface area contributed by atoms with Gasteiger partial charge in [0.2, 0.25) is 10.0 Å². The lowest BCUT2D eigenvalue weighted by atomic mass is 10.3. The highest BCUT2D eigenvalue weighted by Gasteiger charge is 2.26. The molecule has 11 heteroatoms. The molecule has 1 aromatic carbocycles. The van der Waals surface area contributed by atoms with Crippen LogP contribution >= 0.6 is 11.6 Å². The molecule has 0 aliphatic heterocycles. The largest absolute Gasteiger partial charge is 0.451 e. The van der Waals surface area contributed by atoms with Crippen LogP contribution in [0.3, 0.4) is 0 Å². The van der Waals surface area contributed by atoms with Crippen LogP contribution in [0.2, 0.25) is 5.02 Å². The van der Waals surface area contributed by atoms with Gasteiger partial charge in [-0.05, 0) is 24.3 Å². The smallest absolute Gasteiger partial charge is 0.355 e. The number of esters is 1. The van der Waals surface area contributed by atoms with Crippen molar-refractivity contribution in [1.82, 2.24) is 8.87 Å². The Morgan fingerprint density at radius 2 is 1.90 bits per heavy atom. The lowest BCUT2D eigenvalue weighted by Crippen LogP contribution is -2.30. The molecule has 0 radical (unpaired) electrons. The quantitative estimate of drug-likeness (QED) is 0.630. The van der Waals surface area contributed by atoms with Gasteiger partial charge in [-0.2, -0.15) is 4.31 Å². The van der Waals surface area contributed by atoms with Crippen molar-refractivity contribution in [2.24, 2.45) is 7.05 Å². The first kappa shape index (κ1) is 22.9. The van der Waals surface area contributed by atoms with Crippen LogP contribution in [0.4, 0.5) is 10.1 Å². The van der Waals surface area contributed by atoms with E-state index in [-0.39, 0.29) is 34.4 Å². The normalized spacial score (nSPS) is 11.5. The van der Waals surface area contributed by atoms with Crippen LogP contribution in [0, 0.1) is 5.82 Å². The first-order valence-electron chi connectivity index (χ1n) is 8.68. The second-order valence-electron chi connectivity index (χ2n) is 6.01. The van der Waals surface area contributed by atoms with Crippen LogP contribution in [-0.4, -0.2) is 48.9 Å². The fourth-order valence-electron chi connectivity index (χ4n) is 2.58. The van der Waals surface area contributed by atoms with E-state index in [9.17, 15) is 22.4 Å². The second-order valence-corrected chi connectivity index (χ2v) is 8.38. The maximum atomic E-state index is 13.6. The molecule has 2 rings (SSSR count). The van der Waals surface area contributed by atoms with Gasteiger partial charge in [0.25, 0.3) is 5.91 Å². The maximum absolute atomic E-state index is 13.6. The van der Waals surface area contributed by atoms with Crippen molar-refractivity contribution < 1.29 is 27.1 Å². The van der Waals surface area contributed by atoms with Gasteiger partial charge in [0.05, 0.1) is 5.69 Å². The molecule has 158 valence electrons. The van der Waals surface area contributed by atoms with E-state index in [4.69, 9.17) is 16.3 Å². The lowest BCUT2D eigenvalue weighted by Gasteiger charge is -2.17. The first-order valence-corrected chi connectivity index (χ1v) is 10.5. The Bertz CT molecular complexity index is 1020. The number of carbonyl (C=O) groups is 2. The van der Waals surface area contributed by atoms with E-state index in [1.165, 1.54) is 40.3 Å². The Morgan fingerprint density at radius 1 is 1.24 bits per heavy atom. The molecule has 0 bridgehead atoms. The zero-order valence-electron chi connectivity index (χ0n) is 16.1. The number of halogens is 2. The Labute approximate surface area is 173 Å². The molecule has 0 spiro atoms. The topological polar surface area (TPSA) is 97.7 Å². The minimum absolute atomic E-state index is 0.0440. The number of aromatic nitrogens is 1. The Hall–Kier alpha value is -2.43. The Balaban J connectivity index is 2.07. The molecule has 0 saturated heterocycles. The predicted molar refractivity (Wildman–Crippen MR) is 106 cm³/mol. The SMILES string of the molecule is CCN(CC)S(=O)(=O)c1cc(C(=O)OCC(=O)Nc2cc(Cl)ccc2F)n(C)c1. The third-order valence-corrected chi connectivity index (χ3v) is 6.32. The van der Waals surface area contributed by atoms with Gasteiger partial charge in [-0.1, -0.05) is 25.4 Å². The molecule has 29 heavy (non-hydrogen) atoms. The van der Waals surface area contributed by atoms with Gasteiger partial charge in [-0.25, -0.2) is 17.6 Å². The second kappa shape index (κ2) is 9.38. The van der Waals surface area contributed by atoms with E-state index < -0.39 is 34.3 Å². The monoisotopic (exact) mass is 445 g/mol. The van der Waals surface area contributed by atoms with E-state index in [0.29, 0.717) is 0 Å². The van der Waals surface area contributed by atoms with Gasteiger partial charge in [0, 0.05) is 31.4 Å². The molecule has 1 amide bonds. The van der Waals surface area contributed by atoms with Crippen molar-refractivity contribution in [2.45, 2.75) is 18.7 Å². The summed E-state index contributed by atoms with van der Waals surface area (Å²) in [4.78, 5) is 24.1. The van der Waals surface area contributed by atoms with Gasteiger partial charge >= 0.3 is 5.97 Å². The molecule has 1 heterocycles. The molecule has 0 fully saturated rings. The zero-order chi connectivity index (χ0) is 21.8. The van der Waals surface area contributed by atoms with Crippen LogP contribution < -0.4 is 5.32 Å².